The molecule has 0 unspecified atom stereocenters. The molecule has 0 saturated heterocycles. The van der Waals surface area contributed by atoms with Crippen LogP contribution in [0.5, 0.6) is 23.0 Å². The normalized spacial score (nSPS) is 11.4. The molecule has 0 heterocycles. The molecule has 4 N–H and O–H groups in total. The lowest BCUT2D eigenvalue weighted by molar-refractivity contribution is 0.0725. The maximum Gasteiger partial charge on any atom is 0.343 e. The molecule has 10 rings (SSSR count). The molecule has 0 saturated carbocycles. The minimum absolute atomic E-state index is 0.227. The minimum atomic E-state index is -0.568. The van der Waals surface area contributed by atoms with Crippen LogP contribution in [0.15, 0.2) is 227 Å². The van der Waals surface area contributed by atoms with Crippen molar-refractivity contribution in [3.8, 4) is 23.0 Å². The number of azo groups is 2. The molecule has 0 aliphatic rings. The first-order valence-electron chi connectivity index (χ1n) is 22.4. The summed E-state index contributed by atoms with van der Waals surface area (Å²) in [6.07, 6.45) is 0. The monoisotopic (exact) mass is 918 g/mol. The van der Waals surface area contributed by atoms with Crippen molar-refractivity contribution in [1.82, 2.24) is 0 Å². The Kier molecular flexibility index (Phi) is 12.7. The van der Waals surface area contributed by atoms with Crippen LogP contribution in [0.2, 0.25) is 0 Å². The number of carbonyl (C=O) groups is 2. The van der Waals surface area contributed by atoms with E-state index in [9.17, 15) is 19.8 Å². The Bertz CT molecular complexity index is 3360. The van der Waals surface area contributed by atoms with Gasteiger partial charge in [0.15, 0.2) is 0 Å². The van der Waals surface area contributed by atoms with Gasteiger partial charge in [0.05, 0.1) is 33.9 Å². The zero-order valence-corrected chi connectivity index (χ0v) is 37.4. The molecule has 12 heteroatoms. The number of esters is 2. The molecule has 0 aliphatic carbocycles. The Balaban J connectivity index is 0.772. The minimum Gasteiger partial charge on any atom is -0.508 e. The van der Waals surface area contributed by atoms with Gasteiger partial charge in [0.1, 0.15) is 23.0 Å². The van der Waals surface area contributed by atoms with Crippen molar-refractivity contribution in [2.45, 2.75) is 13.1 Å². The fourth-order valence-corrected chi connectivity index (χ4v) is 7.97. The summed E-state index contributed by atoms with van der Waals surface area (Å²) in [5, 5.41) is 49.2. The molecule has 0 atom stereocenters. The van der Waals surface area contributed by atoms with E-state index in [2.05, 4.69) is 31.1 Å². The number of ether oxygens (including phenoxy) is 2. The van der Waals surface area contributed by atoms with Crippen LogP contribution in [0, 0.1) is 0 Å². The van der Waals surface area contributed by atoms with Crippen LogP contribution in [0.25, 0.3) is 32.3 Å². The second-order valence-corrected chi connectivity index (χ2v) is 16.3. The highest BCUT2D eigenvalue weighted by molar-refractivity contribution is 6.02. The maximum absolute atomic E-state index is 13.4. The van der Waals surface area contributed by atoms with Gasteiger partial charge < -0.3 is 30.3 Å². The third-order valence-corrected chi connectivity index (χ3v) is 11.6. The number of fused-ring (bicyclic) bond motifs is 3. The Morgan fingerprint density at radius 2 is 0.743 bits per heavy atom. The molecule has 12 nitrogen and oxygen atoms in total. The molecular weight excluding hydrogens is 877 g/mol. The van der Waals surface area contributed by atoms with E-state index in [1.54, 1.807) is 109 Å². The highest BCUT2D eigenvalue weighted by Crippen LogP contribution is 2.36. The number of carbonyl (C=O) groups excluding carboxylic acids is 2. The Labute approximate surface area is 401 Å². The van der Waals surface area contributed by atoms with E-state index < -0.39 is 11.9 Å². The van der Waals surface area contributed by atoms with Crippen LogP contribution in [-0.4, -0.2) is 22.2 Å². The lowest BCUT2D eigenvalue weighted by Gasteiger charge is -2.12. The van der Waals surface area contributed by atoms with Crippen molar-refractivity contribution in [1.29, 1.82) is 0 Å². The van der Waals surface area contributed by atoms with Crippen LogP contribution < -0.4 is 20.1 Å². The van der Waals surface area contributed by atoms with Crippen molar-refractivity contribution >= 4 is 78.4 Å². The van der Waals surface area contributed by atoms with E-state index in [1.165, 1.54) is 0 Å². The summed E-state index contributed by atoms with van der Waals surface area (Å²) >= 11 is 0. The van der Waals surface area contributed by atoms with Gasteiger partial charge in [-0.3, -0.25) is 0 Å². The number of nitrogens with one attached hydrogen (secondary N) is 2. The first-order chi connectivity index (χ1) is 34.3. The lowest BCUT2D eigenvalue weighted by Crippen LogP contribution is -2.09. The first kappa shape index (κ1) is 44.2. The van der Waals surface area contributed by atoms with E-state index >= 15 is 0 Å². The Morgan fingerprint density at radius 1 is 0.371 bits per heavy atom. The average Bonchev–Trinajstić information content (AvgIpc) is 3.40. The van der Waals surface area contributed by atoms with Crippen molar-refractivity contribution in [3.05, 3.63) is 229 Å². The molecule has 0 spiro atoms. The molecule has 0 fully saturated rings. The van der Waals surface area contributed by atoms with Gasteiger partial charge in [-0.2, -0.15) is 10.2 Å². The van der Waals surface area contributed by atoms with E-state index in [1.807, 2.05) is 97.1 Å². The highest BCUT2D eigenvalue weighted by atomic mass is 16.5. The zero-order valence-electron chi connectivity index (χ0n) is 37.4. The van der Waals surface area contributed by atoms with Crippen LogP contribution in [0.3, 0.4) is 0 Å². The van der Waals surface area contributed by atoms with Crippen molar-refractivity contribution < 1.29 is 29.3 Å². The number of rotatable bonds is 14. The third-order valence-electron chi connectivity index (χ3n) is 11.6. The number of aromatic hydroxyl groups is 2. The standard InChI is InChI=1S/C58H42N6O6/c65-43-27-15-37(16-28-43)35-59-51-31-33-53(47-9-3-1-7-45(47)51)63-61-41-23-19-39(20-24-41)57(67)69-55-13-5-12-50-49(55)11-6-14-56(50)70-58(68)40-21-25-42(26-22-40)62-64-54-34-32-52(46-8-2-4-10-48(46)54)60-36-38-17-29-44(66)30-18-38/h1-34,59-60,65-66H,35-36H2. The van der Waals surface area contributed by atoms with E-state index in [0.29, 0.717) is 69.2 Å². The Hall–Kier alpha value is -9.68. The van der Waals surface area contributed by atoms with Crippen LogP contribution in [-0.2, 0) is 13.1 Å². The average molecular weight is 919 g/mol. The summed E-state index contributed by atoms with van der Waals surface area (Å²) in [5.41, 5.74) is 7.09. The number of anilines is 2. The second-order valence-electron chi connectivity index (χ2n) is 16.3. The van der Waals surface area contributed by atoms with Gasteiger partial charge in [0, 0.05) is 56.8 Å². The number of hydrogen-bond donors (Lipinski definition) is 4. The van der Waals surface area contributed by atoms with E-state index in [0.717, 1.165) is 44.0 Å². The molecule has 70 heavy (non-hydrogen) atoms. The molecular formula is C58H42N6O6. The molecule has 0 amide bonds. The zero-order chi connectivity index (χ0) is 47.8. The summed E-state index contributed by atoms with van der Waals surface area (Å²) in [5.74, 6) is -0.0717. The molecule has 0 aromatic heterocycles. The second kappa shape index (κ2) is 20.0. The quantitative estimate of drug-likeness (QED) is 0.0475. The van der Waals surface area contributed by atoms with E-state index in [4.69, 9.17) is 9.47 Å². The molecule has 0 radical (unpaired) electrons. The Morgan fingerprint density at radius 3 is 1.14 bits per heavy atom. The van der Waals surface area contributed by atoms with E-state index in [-0.39, 0.29) is 11.5 Å². The predicted octanol–water partition coefficient (Wildman–Crippen LogP) is 15.1. The summed E-state index contributed by atoms with van der Waals surface area (Å²) in [6.45, 7) is 1.18. The number of phenols is 2. The van der Waals surface area contributed by atoms with Gasteiger partial charge in [0.25, 0.3) is 0 Å². The number of phenolic OH excluding ortho intramolecular Hbond substituents is 2. The summed E-state index contributed by atoms with van der Waals surface area (Å²) in [4.78, 5) is 26.9. The molecule has 0 aliphatic heterocycles. The third kappa shape index (κ3) is 10.0. The summed E-state index contributed by atoms with van der Waals surface area (Å²) < 4.78 is 11.8. The molecule has 340 valence electrons. The van der Waals surface area contributed by atoms with Crippen LogP contribution >= 0.6 is 0 Å². The maximum atomic E-state index is 13.4. The van der Waals surface area contributed by atoms with Gasteiger partial charge >= 0.3 is 11.9 Å². The first-order valence-corrected chi connectivity index (χ1v) is 22.4. The van der Waals surface area contributed by atoms with Gasteiger partial charge in [-0.25, -0.2) is 9.59 Å². The van der Waals surface area contributed by atoms with Crippen molar-refractivity contribution in [3.63, 3.8) is 0 Å². The fourth-order valence-electron chi connectivity index (χ4n) is 7.97. The van der Waals surface area contributed by atoms with Gasteiger partial charge in [-0.15, -0.1) is 10.2 Å². The van der Waals surface area contributed by atoms with Gasteiger partial charge in [-0.1, -0.05) is 97.1 Å². The predicted molar refractivity (Wildman–Crippen MR) is 274 cm³/mol. The molecule has 10 aromatic carbocycles. The smallest absolute Gasteiger partial charge is 0.343 e. The fraction of sp³-hybridized carbons (Fsp3) is 0.0345. The van der Waals surface area contributed by atoms with Crippen LogP contribution in [0.1, 0.15) is 31.8 Å². The van der Waals surface area contributed by atoms with Gasteiger partial charge in [-0.05, 0) is 120 Å². The topological polar surface area (TPSA) is 167 Å². The molecule has 0 bridgehead atoms. The summed E-state index contributed by atoms with van der Waals surface area (Å²) in [6, 6.07) is 61.6. The van der Waals surface area contributed by atoms with Gasteiger partial charge in [0.2, 0.25) is 0 Å². The number of nitrogens with zero attached hydrogens (tertiary/aromatic N) is 4. The van der Waals surface area contributed by atoms with Crippen molar-refractivity contribution in [2.75, 3.05) is 10.6 Å². The largest absolute Gasteiger partial charge is 0.508 e. The lowest BCUT2D eigenvalue weighted by atomic mass is 10.1. The highest BCUT2D eigenvalue weighted by Gasteiger charge is 2.16. The van der Waals surface area contributed by atoms with Crippen molar-refractivity contribution in [2.24, 2.45) is 20.5 Å². The van der Waals surface area contributed by atoms with Crippen LogP contribution in [0.4, 0.5) is 34.1 Å². The number of hydrogen-bond acceptors (Lipinski definition) is 12. The summed E-state index contributed by atoms with van der Waals surface area (Å²) in [7, 11) is 0. The SMILES string of the molecule is O=C(Oc1cccc2c(OC(=O)c3ccc(N=Nc4ccc(NCc5ccc(O)cc5)c5ccccc45)cc3)cccc12)c1ccc(N=Nc2ccc(NCc3ccc(O)cc3)c3ccccc23)cc1. The number of benzene rings is 10. The molecule has 10 aromatic rings.